The van der Waals surface area contributed by atoms with Gasteiger partial charge in [0.25, 0.3) is 0 Å². The molecule has 1 fully saturated rings. The molecule has 0 bridgehead atoms. The highest BCUT2D eigenvalue weighted by Crippen LogP contribution is 2.38. The summed E-state index contributed by atoms with van der Waals surface area (Å²) in [5, 5.41) is 8.66. The molecule has 2 aromatic carbocycles. The molecule has 7 heteroatoms. The quantitative estimate of drug-likeness (QED) is 0.534. The van der Waals surface area contributed by atoms with Crippen LogP contribution in [0, 0.1) is 0 Å². The first-order chi connectivity index (χ1) is 13.5. The third-order valence-electron chi connectivity index (χ3n) is 4.35. The number of unbranched alkanes of at least 4 members (excludes halogenated alkanes) is 1. The van der Waals surface area contributed by atoms with Crippen molar-refractivity contribution in [3.8, 4) is 5.75 Å². The number of thioether (sulfide) groups is 1. The lowest BCUT2D eigenvalue weighted by Crippen LogP contribution is -2.31. The van der Waals surface area contributed by atoms with E-state index in [-0.39, 0.29) is 23.8 Å². The Hall–Kier alpha value is -2.80. The van der Waals surface area contributed by atoms with Gasteiger partial charge in [0, 0.05) is 11.3 Å². The minimum atomic E-state index is -1.06. The molecule has 3 rings (SSSR count). The van der Waals surface area contributed by atoms with E-state index in [1.807, 2.05) is 0 Å². The van der Waals surface area contributed by atoms with Crippen LogP contribution < -0.4 is 9.64 Å². The first kappa shape index (κ1) is 19.9. The number of amides is 2. The summed E-state index contributed by atoms with van der Waals surface area (Å²) in [6.07, 6.45) is 1.87. The van der Waals surface area contributed by atoms with Crippen molar-refractivity contribution in [3.63, 3.8) is 0 Å². The fraction of sp³-hybridized carbons (Fsp3) is 0.286. The molecule has 2 aromatic rings. The molecule has 28 heavy (non-hydrogen) atoms. The maximum absolute atomic E-state index is 13.0. The zero-order chi connectivity index (χ0) is 20.1. The van der Waals surface area contributed by atoms with Crippen LogP contribution in [0.1, 0.15) is 36.5 Å². The zero-order valence-electron chi connectivity index (χ0n) is 15.5. The average molecular weight is 399 g/mol. The summed E-state index contributed by atoms with van der Waals surface area (Å²) in [4.78, 5) is 38.6. The van der Waals surface area contributed by atoms with Crippen LogP contribution in [0.3, 0.4) is 0 Å². The predicted octanol–water partition coefficient (Wildman–Crippen LogP) is 3.99. The number of benzene rings is 2. The Morgan fingerprint density at radius 3 is 2.64 bits per heavy atom. The Bertz CT molecular complexity index is 898. The summed E-state index contributed by atoms with van der Waals surface area (Å²) in [5.74, 6) is -1.25. The molecule has 1 heterocycles. The Morgan fingerprint density at radius 1 is 1.18 bits per heavy atom. The third-order valence-corrected chi connectivity index (χ3v) is 5.62. The van der Waals surface area contributed by atoms with Gasteiger partial charge in [-0.2, -0.15) is 0 Å². The number of imide groups is 1. The van der Waals surface area contributed by atoms with Gasteiger partial charge in [-0.05, 0) is 30.7 Å². The topological polar surface area (TPSA) is 83.9 Å². The number of carboxylic acid groups (broad SMARTS) is 1. The normalized spacial score (nSPS) is 16.5. The van der Waals surface area contributed by atoms with Gasteiger partial charge in [0.15, 0.2) is 0 Å². The summed E-state index contributed by atoms with van der Waals surface area (Å²) in [6, 6.07) is 13.5. The van der Waals surface area contributed by atoms with E-state index in [1.165, 1.54) is 6.07 Å². The fourth-order valence-corrected chi connectivity index (χ4v) is 4.12. The summed E-state index contributed by atoms with van der Waals surface area (Å²) in [7, 11) is 0. The molecule has 2 amide bonds. The number of carbonyl (C=O) groups excluding carboxylic acids is 2. The van der Waals surface area contributed by atoms with Gasteiger partial charge >= 0.3 is 5.97 Å². The minimum Gasteiger partial charge on any atom is -0.491 e. The van der Waals surface area contributed by atoms with Crippen LogP contribution >= 0.6 is 11.8 Å². The monoisotopic (exact) mass is 399 g/mol. The zero-order valence-corrected chi connectivity index (χ0v) is 16.3. The van der Waals surface area contributed by atoms with Gasteiger partial charge in [-0.25, -0.2) is 9.69 Å². The van der Waals surface area contributed by atoms with E-state index >= 15 is 0 Å². The lowest BCUT2D eigenvalue weighted by Gasteiger charge is -2.19. The lowest BCUT2D eigenvalue weighted by atomic mass is 10.2. The number of carbonyl (C=O) groups is 3. The van der Waals surface area contributed by atoms with Crippen molar-refractivity contribution in [2.45, 2.75) is 36.3 Å². The number of aromatic carboxylic acids is 1. The molecule has 1 aliphatic heterocycles. The van der Waals surface area contributed by atoms with Gasteiger partial charge < -0.3 is 9.84 Å². The van der Waals surface area contributed by atoms with E-state index < -0.39 is 11.2 Å². The molecule has 0 spiro atoms. The maximum Gasteiger partial charge on any atom is 0.336 e. The standard InChI is InChI=1S/C21H21NO5S/c1-2-3-12-27-16-10-6-5-9-15(16)22-19(23)13-18(20(22)24)28-17-11-7-4-8-14(17)21(25)26/h4-11,18H,2-3,12-13H2,1H3,(H,25,26)/t18-/m1/s1. The van der Waals surface area contributed by atoms with Gasteiger partial charge in [-0.15, -0.1) is 11.8 Å². The van der Waals surface area contributed by atoms with Crippen LogP contribution in [-0.2, 0) is 9.59 Å². The molecule has 0 aliphatic carbocycles. The van der Waals surface area contributed by atoms with Crippen LogP contribution in [0.4, 0.5) is 5.69 Å². The van der Waals surface area contributed by atoms with Crippen molar-refractivity contribution in [1.29, 1.82) is 0 Å². The molecule has 6 nitrogen and oxygen atoms in total. The highest BCUT2D eigenvalue weighted by Gasteiger charge is 2.41. The van der Waals surface area contributed by atoms with Crippen LogP contribution in [0.5, 0.6) is 5.75 Å². The van der Waals surface area contributed by atoms with Gasteiger partial charge in [0.1, 0.15) is 5.75 Å². The summed E-state index contributed by atoms with van der Waals surface area (Å²) >= 11 is 1.11. The molecule has 0 unspecified atom stereocenters. The average Bonchev–Trinajstić information content (AvgIpc) is 2.96. The first-order valence-electron chi connectivity index (χ1n) is 9.10. The van der Waals surface area contributed by atoms with Crippen molar-refractivity contribution in [3.05, 3.63) is 54.1 Å². The van der Waals surface area contributed by atoms with Crippen molar-refractivity contribution in [2.75, 3.05) is 11.5 Å². The minimum absolute atomic E-state index is 0.0146. The van der Waals surface area contributed by atoms with E-state index in [4.69, 9.17) is 4.74 Å². The number of hydrogen-bond donors (Lipinski definition) is 1. The summed E-state index contributed by atoms with van der Waals surface area (Å²) < 4.78 is 5.76. The number of hydrogen-bond acceptors (Lipinski definition) is 5. The molecule has 1 atom stereocenters. The summed E-state index contributed by atoms with van der Waals surface area (Å²) in [5.41, 5.74) is 0.553. The molecule has 0 saturated carbocycles. The maximum atomic E-state index is 13.0. The second-order valence-corrected chi connectivity index (χ2v) is 7.59. The van der Waals surface area contributed by atoms with E-state index in [2.05, 4.69) is 6.92 Å². The largest absolute Gasteiger partial charge is 0.491 e. The number of anilines is 1. The van der Waals surface area contributed by atoms with Crippen LogP contribution in [0.25, 0.3) is 0 Å². The van der Waals surface area contributed by atoms with Crippen molar-refractivity contribution < 1.29 is 24.2 Å². The Morgan fingerprint density at radius 2 is 1.89 bits per heavy atom. The van der Waals surface area contributed by atoms with E-state index in [0.29, 0.717) is 22.9 Å². The molecule has 0 radical (unpaired) electrons. The van der Waals surface area contributed by atoms with Crippen LogP contribution in [-0.4, -0.2) is 34.7 Å². The molecule has 1 saturated heterocycles. The molecule has 1 aliphatic rings. The van der Waals surface area contributed by atoms with Crippen molar-refractivity contribution >= 4 is 35.2 Å². The van der Waals surface area contributed by atoms with Crippen molar-refractivity contribution in [2.24, 2.45) is 0 Å². The van der Waals surface area contributed by atoms with Gasteiger partial charge in [0.05, 0.1) is 23.1 Å². The molecular formula is C21H21NO5S. The molecule has 0 aromatic heterocycles. The molecular weight excluding hydrogens is 378 g/mol. The predicted molar refractivity (Wildman–Crippen MR) is 107 cm³/mol. The van der Waals surface area contributed by atoms with E-state index in [0.717, 1.165) is 29.5 Å². The molecule has 1 N–H and O–H groups in total. The van der Waals surface area contributed by atoms with Gasteiger partial charge in [-0.3, -0.25) is 9.59 Å². The number of ether oxygens (including phenoxy) is 1. The van der Waals surface area contributed by atoms with Gasteiger partial charge in [0.2, 0.25) is 11.8 Å². The smallest absolute Gasteiger partial charge is 0.336 e. The Kier molecular flexibility index (Phi) is 6.36. The van der Waals surface area contributed by atoms with Crippen LogP contribution in [0.15, 0.2) is 53.4 Å². The van der Waals surface area contributed by atoms with Crippen LogP contribution in [0.2, 0.25) is 0 Å². The number of carboxylic acids is 1. The van der Waals surface area contributed by atoms with Crippen molar-refractivity contribution in [1.82, 2.24) is 0 Å². The highest BCUT2D eigenvalue weighted by atomic mass is 32.2. The molecule has 146 valence electrons. The first-order valence-corrected chi connectivity index (χ1v) is 9.98. The fourth-order valence-electron chi connectivity index (χ4n) is 2.94. The SMILES string of the molecule is CCCCOc1ccccc1N1C(=O)C[C@@H](Sc2ccccc2C(=O)O)C1=O. The number of rotatable bonds is 8. The highest BCUT2D eigenvalue weighted by molar-refractivity contribution is 8.00. The van der Waals surface area contributed by atoms with Gasteiger partial charge in [-0.1, -0.05) is 37.6 Å². The third kappa shape index (κ3) is 4.20. The Labute approximate surface area is 167 Å². The lowest BCUT2D eigenvalue weighted by molar-refractivity contribution is -0.121. The Balaban J connectivity index is 1.83. The second-order valence-electron chi connectivity index (χ2n) is 6.35. The van der Waals surface area contributed by atoms with E-state index in [9.17, 15) is 19.5 Å². The summed E-state index contributed by atoms with van der Waals surface area (Å²) in [6.45, 7) is 2.56. The number of nitrogens with zero attached hydrogens (tertiary/aromatic N) is 1. The second kappa shape index (κ2) is 8.93. The van der Waals surface area contributed by atoms with E-state index in [1.54, 1.807) is 42.5 Å². The number of para-hydroxylation sites is 2.